The minimum absolute atomic E-state index is 0.0709. The number of ether oxygens (including phenoxy) is 1. The molecular weight excluding hydrogens is 407 g/mol. The van der Waals surface area contributed by atoms with Gasteiger partial charge in [0.15, 0.2) is 5.11 Å². The monoisotopic (exact) mass is 424 g/mol. The average Bonchev–Trinajstić information content (AvgIpc) is 2.94. The van der Waals surface area contributed by atoms with Crippen LogP contribution in [0.3, 0.4) is 0 Å². The number of halogens is 1. The average molecular weight is 424 g/mol. The van der Waals surface area contributed by atoms with Gasteiger partial charge >= 0.3 is 5.97 Å². The van der Waals surface area contributed by atoms with Gasteiger partial charge in [0.2, 0.25) is 0 Å². The maximum Gasteiger partial charge on any atom is 0.337 e. The maximum absolute atomic E-state index is 15.0. The normalized spacial score (nSPS) is 17.1. The summed E-state index contributed by atoms with van der Waals surface area (Å²) in [5, 5.41) is 9.24. The Balaban J connectivity index is 1.79. The smallest absolute Gasteiger partial charge is 0.337 e. The van der Waals surface area contributed by atoms with E-state index in [4.69, 9.17) is 17.5 Å². The number of methoxy groups -OCH3 is 1. The van der Waals surface area contributed by atoms with Crippen LogP contribution in [-0.4, -0.2) is 34.6 Å². The summed E-state index contributed by atoms with van der Waals surface area (Å²) in [6.45, 7) is 1.72. The van der Waals surface area contributed by atoms with Crippen LogP contribution in [0.5, 0.6) is 0 Å². The molecule has 1 aromatic carbocycles. The first-order valence-electron chi connectivity index (χ1n) is 9.27. The van der Waals surface area contributed by atoms with Crippen LogP contribution in [0, 0.1) is 24.1 Å². The predicted octanol–water partition coefficient (Wildman–Crippen LogP) is 3.25. The van der Waals surface area contributed by atoms with Crippen LogP contribution < -0.4 is 9.80 Å². The van der Waals surface area contributed by atoms with Gasteiger partial charge in [0.05, 0.1) is 30.2 Å². The van der Waals surface area contributed by atoms with Crippen LogP contribution in [0.2, 0.25) is 0 Å². The third kappa shape index (κ3) is 2.75. The van der Waals surface area contributed by atoms with Crippen molar-refractivity contribution in [1.82, 2.24) is 4.98 Å². The summed E-state index contributed by atoms with van der Waals surface area (Å²) in [6.07, 6.45) is 3.29. The molecule has 1 aliphatic carbocycles. The quantitative estimate of drug-likeness (QED) is 0.552. The molecule has 0 unspecified atom stereocenters. The molecule has 30 heavy (non-hydrogen) atoms. The van der Waals surface area contributed by atoms with E-state index >= 15 is 4.39 Å². The minimum atomic E-state index is -0.966. The van der Waals surface area contributed by atoms with E-state index in [2.05, 4.69) is 9.72 Å². The molecule has 1 aliphatic heterocycles. The molecule has 4 rings (SSSR count). The fourth-order valence-corrected chi connectivity index (χ4v) is 4.38. The summed E-state index contributed by atoms with van der Waals surface area (Å²) < 4.78 is 19.6. The van der Waals surface area contributed by atoms with Gasteiger partial charge < -0.3 is 9.64 Å². The highest BCUT2D eigenvalue weighted by molar-refractivity contribution is 7.81. The van der Waals surface area contributed by atoms with Crippen molar-refractivity contribution in [2.45, 2.75) is 31.7 Å². The van der Waals surface area contributed by atoms with Gasteiger partial charge in [0.25, 0.3) is 5.91 Å². The third-order valence-electron chi connectivity index (χ3n) is 5.63. The Morgan fingerprint density at radius 2 is 2.10 bits per heavy atom. The highest BCUT2D eigenvalue weighted by Gasteiger charge is 2.60. The van der Waals surface area contributed by atoms with Crippen molar-refractivity contribution in [3.05, 3.63) is 53.1 Å². The Hall–Kier alpha value is -3.38. The van der Waals surface area contributed by atoms with Gasteiger partial charge in [-0.25, -0.2) is 14.2 Å². The van der Waals surface area contributed by atoms with Crippen molar-refractivity contribution in [2.75, 3.05) is 16.9 Å². The van der Waals surface area contributed by atoms with E-state index in [1.807, 2.05) is 6.07 Å². The number of nitriles is 1. The minimum Gasteiger partial charge on any atom is -0.465 e. The Morgan fingerprint density at radius 3 is 2.63 bits per heavy atom. The van der Waals surface area contributed by atoms with Gasteiger partial charge in [-0.1, -0.05) is 0 Å². The number of benzene rings is 1. The summed E-state index contributed by atoms with van der Waals surface area (Å²) in [7, 11) is 1.22. The van der Waals surface area contributed by atoms with Crippen LogP contribution in [-0.2, 0) is 9.53 Å². The maximum atomic E-state index is 15.0. The van der Waals surface area contributed by atoms with Gasteiger partial charge in [-0.3, -0.25) is 9.69 Å². The Labute approximate surface area is 177 Å². The standard InChI is InChI=1S/C21H17FN4O3S/c1-12-8-14(11-24-16(12)10-23)25-19(28)21(6-3-7-21)26(20(25)30)17-5-4-13(9-15(17)22)18(27)29-2/h4-5,8-9,11H,3,6-7H2,1-2H3. The number of esters is 1. The topological polar surface area (TPSA) is 86.5 Å². The zero-order valence-electron chi connectivity index (χ0n) is 16.3. The third-order valence-corrected chi connectivity index (χ3v) is 6.00. The Bertz CT molecular complexity index is 1140. The molecule has 2 aliphatic rings. The van der Waals surface area contributed by atoms with E-state index < -0.39 is 17.3 Å². The second kappa shape index (κ2) is 7.15. The van der Waals surface area contributed by atoms with Gasteiger partial charge in [-0.05, 0) is 68.2 Å². The lowest BCUT2D eigenvalue weighted by Gasteiger charge is -2.43. The number of amides is 1. The molecule has 1 aromatic heterocycles. The fourth-order valence-electron chi connectivity index (χ4n) is 3.92. The Kier molecular flexibility index (Phi) is 4.74. The molecule has 152 valence electrons. The molecular formula is C21H17FN4O3S. The van der Waals surface area contributed by atoms with E-state index in [0.717, 1.165) is 12.5 Å². The fraction of sp³-hybridized carbons (Fsp3) is 0.286. The van der Waals surface area contributed by atoms with E-state index in [-0.39, 0.29) is 28.0 Å². The van der Waals surface area contributed by atoms with E-state index in [1.165, 1.54) is 35.2 Å². The van der Waals surface area contributed by atoms with Crippen molar-refractivity contribution in [3.63, 3.8) is 0 Å². The highest BCUT2D eigenvalue weighted by Crippen LogP contribution is 2.48. The van der Waals surface area contributed by atoms with Crippen molar-refractivity contribution in [3.8, 4) is 6.07 Å². The number of hydrogen-bond acceptors (Lipinski definition) is 6. The molecule has 2 heterocycles. The number of carbonyl (C=O) groups excluding carboxylic acids is 2. The van der Waals surface area contributed by atoms with Crippen LogP contribution >= 0.6 is 12.2 Å². The molecule has 7 nitrogen and oxygen atoms in total. The van der Waals surface area contributed by atoms with E-state index in [1.54, 1.807) is 13.0 Å². The summed E-state index contributed by atoms with van der Waals surface area (Å²) in [5.74, 6) is -1.57. The summed E-state index contributed by atoms with van der Waals surface area (Å²) >= 11 is 5.60. The van der Waals surface area contributed by atoms with Crippen LogP contribution in [0.4, 0.5) is 15.8 Å². The first-order valence-corrected chi connectivity index (χ1v) is 9.68. The Morgan fingerprint density at radius 1 is 1.37 bits per heavy atom. The van der Waals surface area contributed by atoms with Gasteiger partial charge in [0, 0.05) is 0 Å². The lowest BCUT2D eigenvalue weighted by Crippen LogP contribution is -2.55. The van der Waals surface area contributed by atoms with E-state index in [9.17, 15) is 9.59 Å². The first-order chi connectivity index (χ1) is 14.3. The number of anilines is 2. The molecule has 1 spiro atoms. The molecule has 2 aromatic rings. The number of aromatic nitrogens is 1. The largest absolute Gasteiger partial charge is 0.465 e. The number of aryl methyl sites for hydroxylation is 1. The molecule has 0 radical (unpaired) electrons. The van der Waals surface area contributed by atoms with Crippen LogP contribution in [0.1, 0.15) is 40.9 Å². The molecule has 0 bridgehead atoms. The van der Waals surface area contributed by atoms with E-state index in [0.29, 0.717) is 24.1 Å². The lowest BCUT2D eigenvalue weighted by molar-refractivity contribution is -0.123. The van der Waals surface area contributed by atoms with Crippen LogP contribution in [0.15, 0.2) is 30.5 Å². The number of pyridine rings is 1. The van der Waals surface area contributed by atoms with Gasteiger partial charge in [-0.15, -0.1) is 0 Å². The molecule has 0 atom stereocenters. The van der Waals surface area contributed by atoms with Crippen molar-refractivity contribution in [2.24, 2.45) is 0 Å². The zero-order chi connectivity index (χ0) is 21.6. The molecule has 0 N–H and O–H groups in total. The number of thiocarbonyl (C=S) groups is 1. The number of nitrogens with zero attached hydrogens (tertiary/aromatic N) is 4. The number of carbonyl (C=O) groups is 2. The zero-order valence-corrected chi connectivity index (χ0v) is 17.1. The van der Waals surface area contributed by atoms with Crippen molar-refractivity contribution < 1.29 is 18.7 Å². The number of rotatable bonds is 3. The molecule has 2 fully saturated rings. The van der Waals surface area contributed by atoms with Gasteiger partial charge in [0.1, 0.15) is 23.1 Å². The first kappa shape index (κ1) is 19.9. The molecule has 9 heteroatoms. The summed E-state index contributed by atoms with van der Waals surface area (Å²) in [6, 6.07) is 7.62. The summed E-state index contributed by atoms with van der Waals surface area (Å²) in [5.41, 5.74) is 0.535. The second-order valence-corrected chi connectivity index (χ2v) is 7.64. The molecule has 1 saturated heterocycles. The second-order valence-electron chi connectivity index (χ2n) is 7.27. The number of hydrogen-bond donors (Lipinski definition) is 0. The molecule has 1 amide bonds. The lowest BCUT2D eigenvalue weighted by atomic mass is 9.75. The molecule has 1 saturated carbocycles. The SMILES string of the molecule is COC(=O)c1ccc(N2C(=S)N(c3cnc(C#N)c(C)c3)C(=O)C23CCC3)c(F)c1. The van der Waals surface area contributed by atoms with Crippen LogP contribution in [0.25, 0.3) is 0 Å². The van der Waals surface area contributed by atoms with Crippen molar-refractivity contribution >= 4 is 40.6 Å². The predicted molar refractivity (Wildman–Crippen MR) is 111 cm³/mol. The highest BCUT2D eigenvalue weighted by atomic mass is 32.1. The summed E-state index contributed by atoms with van der Waals surface area (Å²) in [4.78, 5) is 32.1. The van der Waals surface area contributed by atoms with Crippen molar-refractivity contribution in [1.29, 1.82) is 5.26 Å². The van der Waals surface area contributed by atoms with Gasteiger partial charge in [-0.2, -0.15) is 5.26 Å².